The fraction of sp³-hybridized carbons (Fsp3) is 0.438. The maximum atomic E-state index is 11.8. The predicted octanol–water partition coefficient (Wildman–Crippen LogP) is -0.365. The molecule has 1 amide bonds. The third kappa shape index (κ3) is 10.8. The van der Waals surface area contributed by atoms with Gasteiger partial charge in [0.1, 0.15) is 0 Å². The van der Waals surface area contributed by atoms with E-state index in [0.717, 1.165) is 25.1 Å². The average molecular weight is 412 g/mol. The number of likely N-dealkylation sites (tertiary alicyclic amines) is 1. The van der Waals surface area contributed by atoms with Crippen LogP contribution in [0.25, 0.3) is 0 Å². The van der Waals surface area contributed by atoms with Crippen LogP contribution in [0.4, 0.5) is 5.69 Å². The van der Waals surface area contributed by atoms with Crippen molar-refractivity contribution in [3.63, 3.8) is 0 Å². The second-order valence-corrected chi connectivity index (χ2v) is 3.95. The summed E-state index contributed by atoms with van der Waals surface area (Å²) in [6.07, 6.45) is 3.12. The van der Waals surface area contributed by atoms with Crippen LogP contribution in [0.1, 0.15) is 30.6 Å². The van der Waals surface area contributed by atoms with Gasteiger partial charge in [0.2, 0.25) is 0 Å². The van der Waals surface area contributed by atoms with Crippen LogP contribution in [0.3, 0.4) is 0 Å². The Morgan fingerprint density at radius 3 is 2.10 bits per heavy atom. The summed E-state index contributed by atoms with van der Waals surface area (Å²) in [6, 6.07) is 7.06. The molecule has 4 nitrogen and oxygen atoms in total. The van der Waals surface area contributed by atoms with Crippen LogP contribution in [-0.2, 0) is 0 Å². The van der Waals surface area contributed by atoms with Gasteiger partial charge in [0, 0.05) is 11.3 Å². The number of nitrogen functional groups attached to an aromatic ring is 1. The van der Waals surface area contributed by atoms with Crippen molar-refractivity contribution in [3.8, 4) is 0 Å². The van der Waals surface area contributed by atoms with E-state index >= 15 is 0 Å². The first-order valence-corrected chi connectivity index (χ1v) is 6.74. The molecular formula is C16H29CsN3O-. The van der Waals surface area contributed by atoms with E-state index in [2.05, 4.69) is 11.7 Å². The van der Waals surface area contributed by atoms with Crippen LogP contribution in [0.15, 0.2) is 24.3 Å². The monoisotopic (exact) mass is 412 g/mol. The molecule has 1 heterocycles. The van der Waals surface area contributed by atoms with E-state index in [-0.39, 0.29) is 82.2 Å². The molecule has 0 bridgehead atoms. The summed E-state index contributed by atoms with van der Waals surface area (Å²) in [5.74, 6) is 0.0961. The van der Waals surface area contributed by atoms with Gasteiger partial charge in [-0.3, -0.25) is 4.79 Å². The summed E-state index contributed by atoms with van der Waals surface area (Å²) in [4.78, 5) is 13.7. The average Bonchev–Trinajstić information content (AvgIpc) is 2.96. The van der Waals surface area contributed by atoms with E-state index in [4.69, 9.17) is 5.73 Å². The van der Waals surface area contributed by atoms with Gasteiger partial charge in [0.15, 0.2) is 0 Å². The zero-order valence-corrected chi connectivity index (χ0v) is 20.7. The Labute approximate surface area is 189 Å². The fourth-order valence-corrected chi connectivity index (χ4v) is 1.58. The SMILES string of the molecule is CC.CNC.Nc1ccc(C(=O)N2C[CH-]CC2)cc1.[CH3-].[Cs+]. The van der Waals surface area contributed by atoms with Gasteiger partial charge < -0.3 is 29.8 Å². The zero-order valence-electron chi connectivity index (χ0n) is 14.4. The Balaban J connectivity index is -0.000000415. The molecule has 1 aromatic carbocycles. The molecule has 0 spiro atoms. The Bertz CT molecular complexity index is 349. The number of carbonyl (C=O) groups is 1. The number of hydrogen-bond acceptors (Lipinski definition) is 3. The van der Waals surface area contributed by atoms with Gasteiger partial charge in [-0.25, -0.2) is 0 Å². The van der Waals surface area contributed by atoms with Crippen LogP contribution in [0.2, 0.25) is 0 Å². The van der Waals surface area contributed by atoms with Crippen molar-refractivity contribution < 1.29 is 73.7 Å². The molecule has 1 saturated heterocycles. The molecule has 0 aliphatic carbocycles. The van der Waals surface area contributed by atoms with Gasteiger partial charge in [-0.1, -0.05) is 13.8 Å². The number of nitrogens with two attached hydrogens (primary N) is 1. The number of amides is 1. The van der Waals surface area contributed by atoms with Crippen molar-refractivity contribution >= 4 is 11.6 Å². The molecule has 116 valence electrons. The van der Waals surface area contributed by atoms with Crippen molar-refractivity contribution in [1.29, 1.82) is 0 Å². The van der Waals surface area contributed by atoms with E-state index < -0.39 is 0 Å². The van der Waals surface area contributed by atoms with Crippen molar-refractivity contribution in [2.45, 2.75) is 20.3 Å². The minimum Gasteiger partial charge on any atom is -0.399 e. The minimum absolute atomic E-state index is 0. The molecule has 0 aromatic heterocycles. The van der Waals surface area contributed by atoms with E-state index in [9.17, 15) is 4.79 Å². The quantitative estimate of drug-likeness (QED) is 0.489. The van der Waals surface area contributed by atoms with Crippen LogP contribution < -0.4 is 79.9 Å². The molecule has 1 aromatic rings. The summed E-state index contributed by atoms with van der Waals surface area (Å²) in [5.41, 5.74) is 6.96. The van der Waals surface area contributed by atoms with Crippen LogP contribution in [0, 0.1) is 13.8 Å². The number of rotatable bonds is 1. The van der Waals surface area contributed by atoms with Crippen LogP contribution in [-0.4, -0.2) is 38.0 Å². The molecule has 1 fully saturated rings. The molecule has 5 heteroatoms. The molecule has 0 atom stereocenters. The summed E-state index contributed by atoms with van der Waals surface area (Å²) in [7, 11) is 3.75. The zero-order chi connectivity index (χ0) is 14.7. The Morgan fingerprint density at radius 2 is 1.71 bits per heavy atom. The second-order valence-electron chi connectivity index (χ2n) is 3.95. The summed E-state index contributed by atoms with van der Waals surface area (Å²) >= 11 is 0. The molecule has 1 aliphatic rings. The number of hydrogen-bond donors (Lipinski definition) is 2. The van der Waals surface area contributed by atoms with Gasteiger partial charge >= 0.3 is 68.9 Å². The first-order valence-electron chi connectivity index (χ1n) is 6.74. The fourth-order valence-electron chi connectivity index (χ4n) is 1.58. The number of benzene rings is 1. The molecule has 0 radical (unpaired) electrons. The Hall–Kier alpha value is 0.502. The predicted molar refractivity (Wildman–Crippen MR) is 88.4 cm³/mol. The van der Waals surface area contributed by atoms with Gasteiger partial charge in [-0.2, -0.15) is 6.42 Å². The number of anilines is 1. The number of nitrogens with zero attached hydrogens (tertiary/aromatic N) is 1. The van der Waals surface area contributed by atoms with Crippen molar-refractivity contribution in [2.24, 2.45) is 0 Å². The third-order valence-electron chi connectivity index (χ3n) is 2.40. The standard InChI is InChI=1S/C11H13N2O.C2H7N.C2H6.CH3.Cs/c12-10-5-3-9(4-6-10)11(14)13-7-1-2-8-13;1-3-2;1-2;;/h1,3-6H,2,7-8,12H2;3H,1-2H3;1-2H3;1H3;/q-1;;;-1;+1. The second kappa shape index (κ2) is 16.9. The molecule has 3 N–H and O–H groups in total. The Morgan fingerprint density at radius 1 is 1.24 bits per heavy atom. The smallest absolute Gasteiger partial charge is 0.399 e. The Kier molecular flexibility index (Phi) is 21.2. The topological polar surface area (TPSA) is 58.4 Å². The van der Waals surface area contributed by atoms with Crippen molar-refractivity contribution in [2.75, 3.05) is 32.9 Å². The first kappa shape index (κ1) is 26.4. The maximum Gasteiger partial charge on any atom is 1.00 e. The number of nitrogens with one attached hydrogen (secondary N) is 1. The molecule has 2 rings (SSSR count). The largest absolute Gasteiger partial charge is 1.00 e. The maximum absolute atomic E-state index is 11.8. The van der Waals surface area contributed by atoms with Crippen LogP contribution >= 0.6 is 0 Å². The molecule has 0 saturated carbocycles. The van der Waals surface area contributed by atoms with Gasteiger partial charge in [0.25, 0.3) is 5.91 Å². The summed E-state index contributed by atoms with van der Waals surface area (Å²) in [5, 5.41) is 2.75. The molecular weight excluding hydrogens is 383 g/mol. The first-order chi connectivity index (χ1) is 9.19. The van der Waals surface area contributed by atoms with Gasteiger partial charge in [0.05, 0.1) is 0 Å². The summed E-state index contributed by atoms with van der Waals surface area (Å²) in [6.45, 7) is 5.60. The van der Waals surface area contributed by atoms with E-state index in [1.54, 1.807) is 24.3 Å². The van der Waals surface area contributed by atoms with Gasteiger partial charge in [-0.05, 0) is 44.9 Å². The molecule has 1 aliphatic heterocycles. The summed E-state index contributed by atoms with van der Waals surface area (Å²) < 4.78 is 0. The molecule has 0 unspecified atom stereocenters. The van der Waals surface area contributed by atoms with Crippen molar-refractivity contribution in [1.82, 2.24) is 10.2 Å². The van der Waals surface area contributed by atoms with Gasteiger partial charge in [-0.15, -0.1) is 6.54 Å². The van der Waals surface area contributed by atoms with Crippen LogP contribution in [0.5, 0.6) is 0 Å². The van der Waals surface area contributed by atoms with E-state index in [1.165, 1.54) is 0 Å². The normalized spacial score (nSPS) is 11.7. The van der Waals surface area contributed by atoms with Crippen molar-refractivity contribution in [3.05, 3.63) is 43.7 Å². The third-order valence-corrected chi connectivity index (χ3v) is 2.40. The van der Waals surface area contributed by atoms with E-state index in [0.29, 0.717) is 5.69 Å². The number of carbonyl (C=O) groups excluding carboxylic acids is 1. The van der Waals surface area contributed by atoms with E-state index in [1.807, 2.05) is 32.8 Å². The molecule has 21 heavy (non-hydrogen) atoms. The minimum atomic E-state index is 0.